The third-order valence-corrected chi connectivity index (χ3v) is 7.55. The Bertz CT molecular complexity index is 1070. The number of nitrogens with zero attached hydrogens (tertiary/aromatic N) is 4. The predicted octanol–water partition coefficient (Wildman–Crippen LogP) is 6.32. The lowest BCUT2D eigenvalue weighted by molar-refractivity contribution is 0.0251. The standard InChI is InChI=1S/C25H36ClFN4O3Si/c1-17-15-30(24(32)34-25(2,3)4)11-10-19(17)21-22(26)29-23(20-9-8-18(27)14-28-20)31(21)16-33-12-13-35(5,6)7/h8-10,14,17H,11-13,15-16H2,1-7H3. The number of carbonyl (C=O) groups excluding carboxylic acids is 1. The van der Waals surface area contributed by atoms with Gasteiger partial charge in [0.2, 0.25) is 0 Å². The highest BCUT2D eigenvalue weighted by atomic mass is 35.5. The highest BCUT2D eigenvalue weighted by Crippen LogP contribution is 2.36. The van der Waals surface area contributed by atoms with Crippen molar-refractivity contribution in [2.75, 3.05) is 19.7 Å². The van der Waals surface area contributed by atoms with E-state index in [0.29, 0.717) is 36.4 Å². The molecule has 1 atom stereocenters. The van der Waals surface area contributed by atoms with E-state index in [-0.39, 0.29) is 18.7 Å². The summed E-state index contributed by atoms with van der Waals surface area (Å²) in [7, 11) is -1.26. The minimum atomic E-state index is -1.26. The summed E-state index contributed by atoms with van der Waals surface area (Å²) in [4.78, 5) is 23.1. The van der Waals surface area contributed by atoms with Gasteiger partial charge >= 0.3 is 6.09 Å². The minimum absolute atomic E-state index is 0.0137. The summed E-state index contributed by atoms with van der Waals surface area (Å²) in [6, 6.07) is 3.96. The number of imidazole rings is 1. The first-order valence-corrected chi connectivity index (χ1v) is 16.0. The van der Waals surface area contributed by atoms with Crippen molar-refractivity contribution >= 4 is 31.3 Å². The second-order valence-electron chi connectivity index (χ2n) is 11.2. The maximum Gasteiger partial charge on any atom is 0.410 e. The highest BCUT2D eigenvalue weighted by molar-refractivity contribution is 6.76. The van der Waals surface area contributed by atoms with E-state index in [0.717, 1.165) is 23.5 Å². The number of carbonyl (C=O) groups is 1. The van der Waals surface area contributed by atoms with Gasteiger partial charge in [0.1, 0.15) is 23.8 Å². The number of amides is 1. The monoisotopic (exact) mass is 522 g/mol. The Labute approximate surface area is 213 Å². The van der Waals surface area contributed by atoms with Crippen LogP contribution in [0.4, 0.5) is 9.18 Å². The van der Waals surface area contributed by atoms with E-state index in [1.807, 2.05) is 38.3 Å². The Morgan fingerprint density at radius 2 is 2.00 bits per heavy atom. The zero-order valence-electron chi connectivity index (χ0n) is 21.7. The Hall–Kier alpha value is -2.23. The van der Waals surface area contributed by atoms with Gasteiger partial charge in [-0.3, -0.25) is 4.57 Å². The lowest BCUT2D eigenvalue weighted by Gasteiger charge is -2.33. The van der Waals surface area contributed by atoms with Crippen molar-refractivity contribution in [3.63, 3.8) is 0 Å². The molecule has 2 aromatic rings. The van der Waals surface area contributed by atoms with Crippen molar-refractivity contribution in [3.8, 4) is 11.5 Å². The third kappa shape index (κ3) is 7.38. The zero-order chi connectivity index (χ0) is 26.0. The van der Waals surface area contributed by atoms with Crippen LogP contribution in [-0.2, 0) is 16.2 Å². The van der Waals surface area contributed by atoms with Crippen LogP contribution in [-0.4, -0.2) is 58.9 Å². The van der Waals surface area contributed by atoms with Crippen LogP contribution in [0.15, 0.2) is 24.4 Å². The lowest BCUT2D eigenvalue weighted by Crippen LogP contribution is -2.41. The quantitative estimate of drug-likeness (QED) is 0.314. The fourth-order valence-electron chi connectivity index (χ4n) is 3.78. The van der Waals surface area contributed by atoms with Crippen LogP contribution < -0.4 is 0 Å². The van der Waals surface area contributed by atoms with Gasteiger partial charge in [0.15, 0.2) is 11.0 Å². The van der Waals surface area contributed by atoms with E-state index >= 15 is 0 Å². The molecule has 0 N–H and O–H groups in total. The first kappa shape index (κ1) is 27.4. The normalized spacial score (nSPS) is 16.9. The number of halogens is 2. The molecule has 0 saturated heterocycles. The molecule has 1 aliphatic rings. The topological polar surface area (TPSA) is 69.5 Å². The van der Waals surface area contributed by atoms with E-state index in [4.69, 9.17) is 21.1 Å². The van der Waals surface area contributed by atoms with Crippen LogP contribution in [0.3, 0.4) is 0 Å². The molecule has 7 nitrogen and oxygen atoms in total. The molecule has 10 heteroatoms. The summed E-state index contributed by atoms with van der Waals surface area (Å²) < 4.78 is 27.0. The van der Waals surface area contributed by atoms with Gasteiger partial charge in [-0.15, -0.1) is 0 Å². The van der Waals surface area contributed by atoms with Gasteiger partial charge in [0.05, 0.1) is 11.9 Å². The van der Waals surface area contributed by atoms with Gasteiger partial charge in [-0.25, -0.2) is 19.2 Å². The first-order chi connectivity index (χ1) is 16.2. The molecule has 0 aliphatic carbocycles. The molecule has 3 heterocycles. The van der Waals surface area contributed by atoms with Crippen LogP contribution >= 0.6 is 11.6 Å². The van der Waals surface area contributed by atoms with Gasteiger partial charge in [0, 0.05) is 33.7 Å². The molecule has 0 bridgehead atoms. The largest absolute Gasteiger partial charge is 0.444 e. The molecular formula is C25H36ClFN4O3Si. The Morgan fingerprint density at radius 1 is 1.29 bits per heavy atom. The van der Waals surface area contributed by atoms with Gasteiger partial charge in [0.25, 0.3) is 0 Å². The molecule has 0 fully saturated rings. The van der Waals surface area contributed by atoms with Crippen LogP contribution in [0.25, 0.3) is 17.1 Å². The number of ether oxygens (including phenoxy) is 2. The maximum atomic E-state index is 13.5. The summed E-state index contributed by atoms with van der Waals surface area (Å²) in [5.74, 6) is 0.0799. The van der Waals surface area contributed by atoms with Gasteiger partial charge < -0.3 is 14.4 Å². The molecule has 0 radical (unpaired) electrons. The molecule has 0 spiro atoms. The molecule has 35 heavy (non-hydrogen) atoms. The van der Waals surface area contributed by atoms with Gasteiger partial charge in [-0.2, -0.15) is 0 Å². The van der Waals surface area contributed by atoms with E-state index in [2.05, 4.69) is 29.6 Å². The Morgan fingerprint density at radius 3 is 2.57 bits per heavy atom. The molecule has 1 unspecified atom stereocenters. The number of pyridine rings is 1. The van der Waals surface area contributed by atoms with E-state index in [9.17, 15) is 9.18 Å². The van der Waals surface area contributed by atoms with Gasteiger partial charge in [-0.1, -0.05) is 44.2 Å². The molecule has 3 rings (SSSR count). The van der Waals surface area contributed by atoms with E-state index in [1.54, 1.807) is 11.0 Å². The summed E-state index contributed by atoms with van der Waals surface area (Å²) >= 11 is 6.67. The minimum Gasteiger partial charge on any atom is -0.444 e. The zero-order valence-corrected chi connectivity index (χ0v) is 23.4. The highest BCUT2D eigenvalue weighted by Gasteiger charge is 2.31. The molecule has 0 aromatic carbocycles. The number of hydrogen-bond donors (Lipinski definition) is 0. The second kappa shape index (κ2) is 10.8. The third-order valence-electron chi connectivity index (χ3n) is 5.58. The number of hydrogen-bond acceptors (Lipinski definition) is 5. The molecule has 1 aliphatic heterocycles. The van der Waals surface area contributed by atoms with E-state index < -0.39 is 19.5 Å². The predicted molar refractivity (Wildman–Crippen MR) is 139 cm³/mol. The second-order valence-corrected chi connectivity index (χ2v) is 17.1. The van der Waals surface area contributed by atoms with Crippen LogP contribution in [0.2, 0.25) is 30.8 Å². The number of aromatic nitrogens is 3. The summed E-state index contributed by atoms with van der Waals surface area (Å²) in [6.45, 7) is 16.3. The van der Waals surface area contributed by atoms with Crippen molar-refractivity contribution in [2.24, 2.45) is 5.92 Å². The van der Waals surface area contributed by atoms with Crippen molar-refractivity contribution in [3.05, 3.63) is 41.1 Å². The Kier molecular flexibility index (Phi) is 8.44. The van der Waals surface area contributed by atoms with Crippen molar-refractivity contribution in [1.82, 2.24) is 19.4 Å². The Balaban J connectivity index is 1.93. The summed E-state index contributed by atoms with van der Waals surface area (Å²) in [5.41, 5.74) is 1.66. The number of rotatable bonds is 7. The summed E-state index contributed by atoms with van der Waals surface area (Å²) in [5, 5.41) is 0.323. The smallest absolute Gasteiger partial charge is 0.410 e. The van der Waals surface area contributed by atoms with Crippen LogP contribution in [0.1, 0.15) is 33.4 Å². The first-order valence-electron chi connectivity index (χ1n) is 11.9. The average molecular weight is 523 g/mol. The van der Waals surface area contributed by atoms with Crippen molar-refractivity contribution < 1.29 is 18.7 Å². The lowest BCUT2D eigenvalue weighted by atomic mass is 9.94. The van der Waals surface area contributed by atoms with Gasteiger partial charge in [-0.05, 0) is 44.5 Å². The fraction of sp³-hybridized carbons (Fsp3) is 0.560. The summed E-state index contributed by atoms with van der Waals surface area (Å²) in [6.07, 6.45) is 2.81. The van der Waals surface area contributed by atoms with Crippen molar-refractivity contribution in [2.45, 2.75) is 65.7 Å². The van der Waals surface area contributed by atoms with E-state index in [1.165, 1.54) is 6.07 Å². The molecule has 2 aromatic heterocycles. The van der Waals surface area contributed by atoms with Crippen LogP contribution in [0.5, 0.6) is 0 Å². The van der Waals surface area contributed by atoms with Crippen LogP contribution in [0, 0.1) is 11.7 Å². The van der Waals surface area contributed by atoms with Crippen molar-refractivity contribution in [1.29, 1.82) is 0 Å². The molecule has 1 amide bonds. The molecule has 192 valence electrons. The fourth-order valence-corrected chi connectivity index (χ4v) is 4.83. The molecule has 0 saturated carbocycles. The molecular weight excluding hydrogens is 487 g/mol. The average Bonchev–Trinajstić information content (AvgIpc) is 3.05. The maximum absolute atomic E-state index is 13.5. The SMILES string of the molecule is CC1CN(C(=O)OC(C)(C)C)CC=C1c1c(Cl)nc(-c2ccc(F)cn2)n1COCC[Si](C)(C)C.